The van der Waals surface area contributed by atoms with Crippen molar-refractivity contribution in [3.05, 3.63) is 55.9 Å². The van der Waals surface area contributed by atoms with E-state index in [-0.39, 0.29) is 5.82 Å². The number of hydrogen-bond acceptors (Lipinski definition) is 2. The largest absolute Gasteiger partial charge is 0.236 e. The van der Waals surface area contributed by atoms with E-state index in [0.717, 1.165) is 27.7 Å². The van der Waals surface area contributed by atoms with Crippen LogP contribution in [0, 0.1) is 9.39 Å². The number of rotatable bonds is 4. The third kappa shape index (κ3) is 3.86. The zero-order valence-electron chi connectivity index (χ0n) is 10.5. The van der Waals surface area contributed by atoms with Gasteiger partial charge in [0, 0.05) is 6.42 Å². The van der Waals surface area contributed by atoms with Crippen molar-refractivity contribution in [2.75, 3.05) is 0 Å². The van der Waals surface area contributed by atoms with Crippen molar-refractivity contribution in [2.24, 2.45) is 0 Å². The first-order valence-corrected chi connectivity index (χ1v) is 7.51. The molecule has 0 saturated heterocycles. The summed E-state index contributed by atoms with van der Waals surface area (Å²) in [5, 5.41) is 0.477. The highest BCUT2D eigenvalue weighted by Gasteiger charge is 2.10. The van der Waals surface area contributed by atoms with Gasteiger partial charge in [-0.2, -0.15) is 0 Å². The van der Waals surface area contributed by atoms with E-state index in [0.29, 0.717) is 17.4 Å². The first kappa shape index (κ1) is 14.7. The maximum Gasteiger partial charge on any atom is 0.146 e. The Morgan fingerprint density at radius 2 is 2.11 bits per heavy atom. The molecule has 0 aliphatic carbocycles. The van der Waals surface area contributed by atoms with Crippen molar-refractivity contribution in [3.63, 3.8) is 0 Å². The lowest BCUT2D eigenvalue weighted by Gasteiger charge is -2.07. The van der Waals surface area contributed by atoms with Gasteiger partial charge >= 0.3 is 0 Å². The van der Waals surface area contributed by atoms with E-state index in [1.165, 1.54) is 12.1 Å². The van der Waals surface area contributed by atoms with Gasteiger partial charge in [0.05, 0.1) is 9.26 Å². The van der Waals surface area contributed by atoms with Crippen LogP contribution in [0.2, 0.25) is 5.15 Å². The topological polar surface area (TPSA) is 25.8 Å². The second kappa shape index (κ2) is 6.61. The molecule has 1 aromatic carbocycles. The highest BCUT2D eigenvalue weighted by Crippen LogP contribution is 2.21. The van der Waals surface area contributed by atoms with Crippen molar-refractivity contribution >= 4 is 34.2 Å². The highest BCUT2D eigenvalue weighted by atomic mass is 127. The van der Waals surface area contributed by atoms with Crippen molar-refractivity contribution in [2.45, 2.75) is 26.2 Å². The fraction of sp³-hybridized carbons (Fsp3) is 0.286. The van der Waals surface area contributed by atoms with Gasteiger partial charge in [-0.1, -0.05) is 37.1 Å². The number of aryl methyl sites for hydroxylation is 1. The van der Waals surface area contributed by atoms with E-state index < -0.39 is 0 Å². The summed E-state index contributed by atoms with van der Waals surface area (Å²) in [6.07, 6.45) is 2.37. The Bertz CT molecular complexity index is 590. The first-order chi connectivity index (χ1) is 9.10. The van der Waals surface area contributed by atoms with E-state index in [4.69, 9.17) is 11.6 Å². The molecule has 0 saturated carbocycles. The van der Waals surface area contributed by atoms with Gasteiger partial charge in [-0.3, -0.25) is 0 Å². The molecule has 5 heteroatoms. The molecule has 100 valence electrons. The fourth-order valence-corrected chi connectivity index (χ4v) is 2.54. The molecule has 0 spiro atoms. The zero-order valence-corrected chi connectivity index (χ0v) is 13.4. The molecule has 0 N–H and O–H groups in total. The van der Waals surface area contributed by atoms with E-state index in [2.05, 4.69) is 39.5 Å². The third-order valence-electron chi connectivity index (χ3n) is 2.66. The average molecular weight is 391 g/mol. The number of hydrogen-bond donors (Lipinski definition) is 0. The number of nitrogens with zero attached hydrogens (tertiary/aromatic N) is 2. The van der Waals surface area contributed by atoms with E-state index in [1.807, 2.05) is 6.07 Å². The van der Waals surface area contributed by atoms with Crippen molar-refractivity contribution in [1.82, 2.24) is 9.97 Å². The van der Waals surface area contributed by atoms with Gasteiger partial charge in [0.25, 0.3) is 0 Å². The summed E-state index contributed by atoms with van der Waals surface area (Å²) in [5.74, 6) is 0.391. The summed E-state index contributed by atoms with van der Waals surface area (Å²) in [5.41, 5.74) is 1.81. The van der Waals surface area contributed by atoms with Crippen LogP contribution in [-0.4, -0.2) is 9.97 Å². The number of halogens is 3. The van der Waals surface area contributed by atoms with Crippen LogP contribution in [0.1, 0.15) is 30.4 Å². The number of aromatic nitrogens is 2. The molecule has 1 aromatic heterocycles. The Morgan fingerprint density at radius 1 is 1.32 bits per heavy atom. The molecular weight excluding hydrogens is 378 g/mol. The van der Waals surface area contributed by atoms with Gasteiger partial charge < -0.3 is 0 Å². The second-order valence-electron chi connectivity index (χ2n) is 4.25. The standard InChI is InChI=1S/C14H13ClFIN2/c1-2-4-11-13(17)14(15)19-12(18-11)8-9-5-3-6-10(16)7-9/h3,5-7H,2,4,8H2,1H3. The Hall–Kier alpha value is -0.750. The van der Waals surface area contributed by atoms with E-state index in [9.17, 15) is 4.39 Å². The average Bonchev–Trinajstić information content (AvgIpc) is 2.35. The predicted molar refractivity (Wildman–Crippen MR) is 83.0 cm³/mol. The molecule has 2 aromatic rings. The molecule has 19 heavy (non-hydrogen) atoms. The molecule has 2 nitrogen and oxygen atoms in total. The Labute approximate surface area is 130 Å². The maximum absolute atomic E-state index is 13.1. The normalized spacial score (nSPS) is 10.7. The van der Waals surface area contributed by atoms with Gasteiger partial charge in [-0.25, -0.2) is 14.4 Å². The molecule has 0 amide bonds. The third-order valence-corrected chi connectivity index (χ3v) is 4.39. The lowest BCUT2D eigenvalue weighted by Crippen LogP contribution is -2.04. The monoisotopic (exact) mass is 390 g/mol. The first-order valence-electron chi connectivity index (χ1n) is 6.05. The summed E-state index contributed by atoms with van der Waals surface area (Å²) < 4.78 is 14.1. The van der Waals surface area contributed by atoms with Crippen LogP contribution in [0.25, 0.3) is 0 Å². The summed E-state index contributed by atoms with van der Waals surface area (Å²) in [7, 11) is 0. The molecule has 0 bridgehead atoms. The Kier molecular flexibility index (Phi) is 5.10. The summed E-state index contributed by atoms with van der Waals surface area (Å²) in [4.78, 5) is 8.79. The molecule has 0 aliphatic heterocycles. The van der Waals surface area contributed by atoms with E-state index in [1.54, 1.807) is 6.07 Å². The van der Waals surface area contributed by atoms with Crippen LogP contribution in [0.4, 0.5) is 4.39 Å². The maximum atomic E-state index is 13.1. The molecule has 0 atom stereocenters. The highest BCUT2D eigenvalue weighted by molar-refractivity contribution is 14.1. The molecule has 0 unspecified atom stereocenters. The SMILES string of the molecule is CCCc1nc(Cc2cccc(F)c2)nc(Cl)c1I. The van der Waals surface area contributed by atoms with Crippen LogP contribution in [0.15, 0.2) is 24.3 Å². The van der Waals surface area contributed by atoms with Crippen molar-refractivity contribution in [3.8, 4) is 0 Å². The van der Waals surface area contributed by atoms with Gasteiger partial charge in [0.15, 0.2) is 0 Å². The summed E-state index contributed by atoms with van der Waals surface area (Å²) in [6, 6.07) is 6.46. The van der Waals surface area contributed by atoms with Crippen LogP contribution in [-0.2, 0) is 12.8 Å². The van der Waals surface area contributed by atoms with Gasteiger partial charge in [-0.15, -0.1) is 0 Å². The Morgan fingerprint density at radius 3 is 2.79 bits per heavy atom. The zero-order chi connectivity index (χ0) is 13.8. The lowest BCUT2D eigenvalue weighted by molar-refractivity contribution is 0.625. The molecule has 2 rings (SSSR count). The second-order valence-corrected chi connectivity index (χ2v) is 5.68. The van der Waals surface area contributed by atoms with Crippen LogP contribution in [0.3, 0.4) is 0 Å². The van der Waals surface area contributed by atoms with Gasteiger partial charge in [-0.05, 0) is 46.7 Å². The molecular formula is C14H13ClFIN2. The number of benzene rings is 1. The smallest absolute Gasteiger partial charge is 0.146 e. The molecule has 0 radical (unpaired) electrons. The van der Waals surface area contributed by atoms with Crippen molar-refractivity contribution in [1.29, 1.82) is 0 Å². The minimum atomic E-state index is -0.247. The van der Waals surface area contributed by atoms with E-state index >= 15 is 0 Å². The molecule has 1 heterocycles. The van der Waals surface area contributed by atoms with Crippen LogP contribution in [0.5, 0.6) is 0 Å². The fourth-order valence-electron chi connectivity index (χ4n) is 1.82. The van der Waals surface area contributed by atoms with Crippen LogP contribution >= 0.6 is 34.2 Å². The minimum Gasteiger partial charge on any atom is -0.236 e. The Balaban J connectivity index is 2.30. The minimum absolute atomic E-state index is 0.247. The quantitative estimate of drug-likeness (QED) is 0.571. The predicted octanol–water partition coefficient (Wildman–Crippen LogP) is 4.42. The van der Waals surface area contributed by atoms with Crippen molar-refractivity contribution < 1.29 is 4.39 Å². The van der Waals surface area contributed by atoms with Gasteiger partial charge in [0.1, 0.15) is 16.8 Å². The molecule has 0 fully saturated rings. The summed E-state index contributed by atoms with van der Waals surface area (Å²) >= 11 is 8.28. The van der Waals surface area contributed by atoms with Gasteiger partial charge in [0.2, 0.25) is 0 Å². The molecule has 0 aliphatic rings. The van der Waals surface area contributed by atoms with Crippen LogP contribution < -0.4 is 0 Å². The lowest BCUT2D eigenvalue weighted by atomic mass is 10.1. The summed E-state index contributed by atoms with van der Waals surface area (Å²) in [6.45, 7) is 2.10.